The van der Waals surface area contributed by atoms with Gasteiger partial charge in [-0.15, -0.1) is 113 Å². The van der Waals surface area contributed by atoms with E-state index in [1.807, 2.05) is 113 Å². The van der Waals surface area contributed by atoms with Crippen LogP contribution in [0, 0.1) is 0 Å². The molecule has 0 aliphatic rings. The Bertz CT molecular complexity index is 1760. The first-order valence-corrected chi connectivity index (χ1v) is 17.2. The largest absolute Gasteiger partial charge is 0.113 e. The van der Waals surface area contributed by atoms with Gasteiger partial charge in [-0.2, -0.15) is 0 Å². The van der Waals surface area contributed by atoms with Crippen molar-refractivity contribution >= 4 is 207 Å². The van der Waals surface area contributed by atoms with E-state index < -0.39 is 0 Å². The Hall–Kier alpha value is -0.400. The highest BCUT2D eigenvalue weighted by molar-refractivity contribution is 7.64. The van der Waals surface area contributed by atoms with Crippen molar-refractivity contribution in [1.29, 1.82) is 0 Å². The van der Waals surface area contributed by atoms with Gasteiger partial charge < -0.3 is 0 Å². The fourth-order valence-corrected chi connectivity index (χ4v) is 21.4. The Kier molecular flexibility index (Phi) is 2.31. The molecule has 11 rings (SSSR count). The van der Waals surface area contributed by atoms with Crippen molar-refractivity contribution in [1.82, 2.24) is 0 Å². The molecule has 11 aromatic rings. The van der Waals surface area contributed by atoms with Crippen LogP contribution in [-0.4, -0.2) is 0 Å². The van der Waals surface area contributed by atoms with Crippen molar-refractivity contribution < 1.29 is 0 Å². The smallest absolute Gasteiger partial charge is 0.0908 e. The molecule has 0 N–H and O–H groups in total. The third kappa shape index (κ3) is 1.37. The highest BCUT2D eigenvalue weighted by Crippen LogP contribution is 2.64. The molecule has 1 aromatic carbocycles. The van der Waals surface area contributed by atoms with E-state index in [2.05, 4.69) is 0 Å². The van der Waals surface area contributed by atoms with Crippen LogP contribution >= 0.6 is 113 Å². The van der Waals surface area contributed by atoms with Gasteiger partial charge in [-0.05, 0) is 0 Å². The van der Waals surface area contributed by atoms with Gasteiger partial charge in [-0.25, -0.2) is 0 Å². The molecule has 0 saturated carbocycles. The molecule has 0 fully saturated rings. The molecule has 0 aliphatic carbocycles. The lowest BCUT2D eigenvalue weighted by Crippen LogP contribution is -1.67. The zero-order chi connectivity index (χ0) is 18.6. The summed E-state index contributed by atoms with van der Waals surface area (Å²) in [5.74, 6) is 0. The first-order chi connectivity index (χ1) is 14.8. The number of hydrogen-bond donors (Lipinski definition) is 0. The topological polar surface area (TPSA) is 0 Å². The van der Waals surface area contributed by atoms with Crippen molar-refractivity contribution in [2.45, 2.75) is 0 Å². The van der Waals surface area contributed by atoms with Crippen LogP contribution in [0.15, 0.2) is 0 Å². The standard InChI is InChI=1S/C20S10/c21-11-1-2-4-6-8-10-9-7-5-3(1)13(22-11)24-15(5)26-17(7)28-19(9)30-20(10)29-18(8)27-16(6)25-14(4)23-12(2)21. The summed E-state index contributed by atoms with van der Waals surface area (Å²) in [4.78, 5) is 0. The van der Waals surface area contributed by atoms with E-state index in [-0.39, 0.29) is 0 Å². The maximum atomic E-state index is 2.05. The summed E-state index contributed by atoms with van der Waals surface area (Å²) in [6.07, 6.45) is 0. The first-order valence-electron chi connectivity index (χ1n) is 9.08. The van der Waals surface area contributed by atoms with Gasteiger partial charge in [0.05, 0.1) is 40.1 Å². The minimum Gasteiger partial charge on any atom is -0.113 e. The van der Waals surface area contributed by atoms with Gasteiger partial charge in [0.25, 0.3) is 0 Å². The van der Waals surface area contributed by atoms with Crippen molar-refractivity contribution in [3.8, 4) is 0 Å². The SMILES string of the molecule is s1c2sc3sc4sc5sc6sc7sc8sc9sc%10sc1c1c2c3c4c5c6c7c8c9c%101. The molecule has 10 aromatic heterocycles. The molecule has 0 aliphatic heterocycles. The molecule has 0 radical (unpaired) electrons. The summed E-state index contributed by atoms with van der Waals surface area (Å²) in [5.41, 5.74) is 0. The van der Waals surface area contributed by atoms with Crippen LogP contribution < -0.4 is 0 Å². The lowest BCUT2D eigenvalue weighted by molar-refractivity contribution is 2.38. The Morgan fingerprint density at radius 2 is 0.267 bits per heavy atom. The zero-order valence-corrected chi connectivity index (χ0v) is 22.2. The van der Waals surface area contributed by atoms with Gasteiger partial charge in [0.15, 0.2) is 0 Å². The van der Waals surface area contributed by atoms with Gasteiger partial charge in [-0.3, -0.25) is 0 Å². The Morgan fingerprint density at radius 1 is 0.167 bits per heavy atom. The van der Waals surface area contributed by atoms with Crippen LogP contribution in [0.4, 0.5) is 0 Å². The number of hydrogen-bond acceptors (Lipinski definition) is 10. The molecule has 0 nitrogen and oxygen atoms in total. The van der Waals surface area contributed by atoms with Crippen LogP contribution in [0.1, 0.15) is 0 Å². The first kappa shape index (κ1) is 15.4. The average Bonchev–Trinajstić information content (AvgIpc) is 3.46. The summed E-state index contributed by atoms with van der Waals surface area (Å²) in [6.45, 7) is 0. The Morgan fingerprint density at radius 3 is 0.367 bits per heavy atom. The minimum absolute atomic E-state index is 1.54. The fourth-order valence-electron chi connectivity index (χ4n) is 5.36. The molecule has 30 heavy (non-hydrogen) atoms. The molecule has 0 amide bonds. The number of rotatable bonds is 0. The molecule has 140 valence electrons. The molecule has 10 heteroatoms. The van der Waals surface area contributed by atoms with Crippen LogP contribution in [0.25, 0.3) is 94.0 Å². The van der Waals surface area contributed by atoms with E-state index in [4.69, 9.17) is 0 Å². The Labute approximate surface area is 205 Å². The van der Waals surface area contributed by atoms with Crippen LogP contribution in [0.2, 0.25) is 0 Å². The summed E-state index contributed by atoms with van der Waals surface area (Å²) < 4.78 is 15.4. The highest BCUT2D eigenvalue weighted by Gasteiger charge is 2.30. The second-order valence-corrected chi connectivity index (χ2v) is 20.4. The normalized spacial score (nSPS) is 14.7. The van der Waals surface area contributed by atoms with Crippen molar-refractivity contribution in [3.63, 3.8) is 0 Å². The van der Waals surface area contributed by atoms with Crippen LogP contribution in [0.5, 0.6) is 0 Å². The molecule has 10 heterocycles. The molecule has 0 spiro atoms. The summed E-state index contributed by atoms with van der Waals surface area (Å²) in [7, 11) is 0. The summed E-state index contributed by atoms with van der Waals surface area (Å²) >= 11 is 20.5. The Balaban J connectivity index is 1.76. The van der Waals surface area contributed by atoms with Gasteiger partial charge >= 0.3 is 0 Å². The summed E-state index contributed by atoms with van der Waals surface area (Å²) in [5, 5.41) is 15.8. The second kappa shape index (κ2) is 4.50. The van der Waals surface area contributed by atoms with Crippen molar-refractivity contribution in [2.24, 2.45) is 0 Å². The molecule has 0 saturated heterocycles. The lowest BCUT2D eigenvalue weighted by atomic mass is 10.0. The van der Waals surface area contributed by atoms with E-state index in [0.29, 0.717) is 0 Å². The van der Waals surface area contributed by atoms with Gasteiger partial charge in [-0.1, -0.05) is 0 Å². The third-order valence-corrected chi connectivity index (χ3v) is 19.2. The molecular formula is C20S10. The molecule has 0 unspecified atom stereocenters. The third-order valence-electron chi connectivity index (χ3n) is 6.40. The fraction of sp³-hybridized carbons (Fsp3) is 0. The van der Waals surface area contributed by atoms with Crippen LogP contribution in [-0.2, 0) is 0 Å². The van der Waals surface area contributed by atoms with Crippen molar-refractivity contribution in [2.75, 3.05) is 0 Å². The monoisotopic (exact) mass is 560 g/mol. The zero-order valence-electron chi connectivity index (χ0n) is 14.1. The highest BCUT2D eigenvalue weighted by atomic mass is 32.2. The minimum atomic E-state index is 1.54. The predicted molar refractivity (Wildman–Crippen MR) is 154 cm³/mol. The molecular weight excluding hydrogens is 561 g/mol. The van der Waals surface area contributed by atoms with Crippen molar-refractivity contribution in [3.05, 3.63) is 0 Å². The maximum Gasteiger partial charge on any atom is 0.0908 e. The maximum absolute atomic E-state index is 2.05. The van der Waals surface area contributed by atoms with E-state index in [9.17, 15) is 0 Å². The van der Waals surface area contributed by atoms with Crippen LogP contribution in [0.3, 0.4) is 0 Å². The van der Waals surface area contributed by atoms with E-state index >= 15 is 0 Å². The van der Waals surface area contributed by atoms with E-state index in [0.717, 1.165) is 0 Å². The second-order valence-electron chi connectivity index (χ2n) is 7.65. The predicted octanol–water partition coefficient (Wildman–Crippen LogP) is 12.1. The quantitative estimate of drug-likeness (QED) is 0.173. The van der Waals surface area contributed by atoms with E-state index in [1.165, 1.54) is 0 Å². The van der Waals surface area contributed by atoms with Gasteiger partial charge in [0.2, 0.25) is 0 Å². The summed E-state index contributed by atoms with van der Waals surface area (Å²) in [6, 6.07) is 0. The lowest BCUT2D eigenvalue weighted by Gasteiger charge is -1.94. The average molecular weight is 561 g/mol. The number of thiophene rings is 10. The molecule has 0 atom stereocenters. The van der Waals surface area contributed by atoms with E-state index in [1.54, 1.807) is 94.0 Å². The van der Waals surface area contributed by atoms with Gasteiger partial charge in [0, 0.05) is 53.9 Å². The molecule has 0 bridgehead atoms. The van der Waals surface area contributed by atoms with Gasteiger partial charge in [0.1, 0.15) is 0 Å².